The maximum Gasteiger partial charge on any atom is 0.417 e. The second-order valence-electron chi connectivity index (χ2n) is 5.39. The molecule has 4 N–H and O–H groups in total. The van der Waals surface area contributed by atoms with Gasteiger partial charge in [-0.3, -0.25) is 4.98 Å². The number of nitrogens with one attached hydrogen (secondary N) is 1. The minimum absolute atomic E-state index is 0.224. The molecule has 1 atom stereocenters. The van der Waals surface area contributed by atoms with Gasteiger partial charge in [-0.2, -0.15) is 0 Å². The van der Waals surface area contributed by atoms with E-state index >= 15 is 0 Å². The number of fused-ring (bicyclic) bond motifs is 1. The Hall–Kier alpha value is -1.95. The highest BCUT2D eigenvalue weighted by Gasteiger charge is 2.21. The molecule has 0 aliphatic carbocycles. The molecule has 6 nitrogen and oxygen atoms in total. The third-order valence-corrected chi connectivity index (χ3v) is 3.97. The summed E-state index contributed by atoms with van der Waals surface area (Å²) in [5.41, 5.74) is 8.78. The Morgan fingerprint density at radius 2 is 2.35 bits per heavy atom. The third kappa shape index (κ3) is 2.38. The van der Waals surface area contributed by atoms with Crippen molar-refractivity contribution < 1.29 is 9.52 Å². The van der Waals surface area contributed by atoms with Crippen LogP contribution in [0.3, 0.4) is 0 Å². The van der Waals surface area contributed by atoms with Crippen molar-refractivity contribution in [2.45, 2.75) is 19.3 Å². The monoisotopic (exact) mass is 277 g/mol. The van der Waals surface area contributed by atoms with Gasteiger partial charge in [-0.1, -0.05) is 0 Å². The van der Waals surface area contributed by atoms with Crippen LogP contribution < -0.4 is 16.4 Å². The maximum atomic E-state index is 11.2. The van der Waals surface area contributed by atoms with Crippen molar-refractivity contribution in [3.8, 4) is 0 Å². The Labute approximate surface area is 116 Å². The number of rotatable bonds is 3. The highest BCUT2D eigenvalue weighted by atomic mass is 16.4. The predicted molar refractivity (Wildman–Crippen MR) is 77.9 cm³/mol. The zero-order chi connectivity index (χ0) is 14.1. The number of nitrogens with two attached hydrogens (primary N) is 1. The van der Waals surface area contributed by atoms with Crippen molar-refractivity contribution in [2.24, 2.45) is 5.92 Å². The molecule has 0 spiro atoms. The van der Waals surface area contributed by atoms with Gasteiger partial charge in [0.25, 0.3) is 0 Å². The second-order valence-corrected chi connectivity index (χ2v) is 5.39. The lowest BCUT2D eigenvalue weighted by atomic mass is 9.94. The molecule has 108 valence electrons. The molecule has 1 aromatic heterocycles. The van der Waals surface area contributed by atoms with Gasteiger partial charge in [-0.15, -0.1) is 0 Å². The average molecular weight is 277 g/mol. The number of anilines is 2. The third-order valence-electron chi connectivity index (χ3n) is 3.97. The Kier molecular flexibility index (Phi) is 3.40. The first-order valence-electron chi connectivity index (χ1n) is 6.95. The van der Waals surface area contributed by atoms with Crippen molar-refractivity contribution in [1.29, 1.82) is 0 Å². The molecular weight excluding hydrogens is 258 g/mol. The smallest absolute Gasteiger partial charge is 0.408 e. The van der Waals surface area contributed by atoms with E-state index in [9.17, 15) is 4.79 Å². The molecule has 3 rings (SSSR count). The summed E-state index contributed by atoms with van der Waals surface area (Å²) in [6, 6.07) is 3.56. The normalized spacial score (nSPS) is 19.6. The Morgan fingerprint density at radius 1 is 1.50 bits per heavy atom. The van der Waals surface area contributed by atoms with Gasteiger partial charge in [-0.25, -0.2) is 4.79 Å². The van der Waals surface area contributed by atoms with Crippen LogP contribution in [0.2, 0.25) is 0 Å². The van der Waals surface area contributed by atoms with Crippen LogP contribution in [0.15, 0.2) is 21.3 Å². The number of aliphatic hydroxyl groups excluding tert-OH is 1. The fourth-order valence-corrected chi connectivity index (χ4v) is 2.98. The predicted octanol–water partition coefficient (Wildman–Crippen LogP) is 1.30. The standard InChI is InChI=1S/C14H19N3O3/c15-10-6-13-11(16-14(19)20-13)7-12(10)17-4-1-2-9(8-17)3-5-18/h6-7,9,18H,1-5,8,15H2,(H,16,19). The molecule has 2 heterocycles. The van der Waals surface area contributed by atoms with Crippen molar-refractivity contribution in [1.82, 2.24) is 4.98 Å². The first kappa shape index (κ1) is 13.1. The van der Waals surface area contributed by atoms with E-state index in [-0.39, 0.29) is 6.61 Å². The van der Waals surface area contributed by atoms with E-state index in [4.69, 9.17) is 15.3 Å². The van der Waals surface area contributed by atoms with E-state index in [0.29, 0.717) is 22.7 Å². The Morgan fingerprint density at radius 3 is 3.15 bits per heavy atom. The van der Waals surface area contributed by atoms with E-state index in [1.54, 1.807) is 6.07 Å². The molecule has 0 bridgehead atoms. The van der Waals surface area contributed by atoms with Crippen molar-refractivity contribution in [2.75, 3.05) is 30.3 Å². The number of nitrogen functional groups attached to an aromatic ring is 1. The summed E-state index contributed by atoms with van der Waals surface area (Å²) in [5.74, 6) is 0.0283. The molecule has 0 amide bonds. The van der Waals surface area contributed by atoms with Crippen LogP contribution in [-0.4, -0.2) is 29.8 Å². The molecule has 20 heavy (non-hydrogen) atoms. The summed E-state index contributed by atoms with van der Waals surface area (Å²) in [4.78, 5) is 16.1. The van der Waals surface area contributed by atoms with E-state index in [0.717, 1.165) is 38.0 Å². The quantitative estimate of drug-likeness (QED) is 0.735. The van der Waals surface area contributed by atoms with E-state index in [2.05, 4.69) is 9.88 Å². The first-order valence-corrected chi connectivity index (χ1v) is 6.95. The highest BCUT2D eigenvalue weighted by Crippen LogP contribution is 2.31. The summed E-state index contributed by atoms with van der Waals surface area (Å²) >= 11 is 0. The fraction of sp³-hybridized carbons (Fsp3) is 0.500. The van der Waals surface area contributed by atoms with Gasteiger partial charge >= 0.3 is 5.76 Å². The van der Waals surface area contributed by atoms with Gasteiger partial charge in [0.1, 0.15) is 0 Å². The number of aromatic nitrogens is 1. The molecule has 0 saturated carbocycles. The molecule has 0 radical (unpaired) electrons. The fourth-order valence-electron chi connectivity index (χ4n) is 2.98. The number of aromatic amines is 1. The van der Waals surface area contributed by atoms with Gasteiger partial charge in [0.15, 0.2) is 5.58 Å². The van der Waals surface area contributed by atoms with Gasteiger partial charge in [-0.05, 0) is 31.2 Å². The Balaban J connectivity index is 1.92. The number of benzene rings is 1. The maximum absolute atomic E-state index is 11.2. The summed E-state index contributed by atoms with van der Waals surface area (Å²) in [5, 5.41) is 9.08. The van der Waals surface area contributed by atoms with Gasteiger partial charge in [0.2, 0.25) is 0 Å². The van der Waals surface area contributed by atoms with Crippen LogP contribution in [0.4, 0.5) is 11.4 Å². The lowest BCUT2D eigenvalue weighted by Crippen LogP contribution is -2.36. The highest BCUT2D eigenvalue weighted by molar-refractivity contribution is 5.85. The van der Waals surface area contributed by atoms with Gasteiger partial charge in [0, 0.05) is 25.8 Å². The Bertz CT molecular complexity index is 659. The van der Waals surface area contributed by atoms with Crippen molar-refractivity contribution >= 4 is 22.5 Å². The molecule has 1 saturated heterocycles. The number of nitrogens with zero attached hydrogens (tertiary/aromatic N) is 1. The van der Waals surface area contributed by atoms with E-state index in [1.807, 2.05) is 6.07 Å². The van der Waals surface area contributed by atoms with E-state index < -0.39 is 5.76 Å². The molecule has 1 aromatic carbocycles. The van der Waals surface area contributed by atoms with Crippen LogP contribution in [0.5, 0.6) is 0 Å². The number of aliphatic hydroxyl groups is 1. The molecule has 6 heteroatoms. The van der Waals surface area contributed by atoms with Crippen molar-refractivity contribution in [3.63, 3.8) is 0 Å². The lowest BCUT2D eigenvalue weighted by molar-refractivity contribution is 0.244. The number of H-pyrrole nitrogens is 1. The number of hydrogen-bond donors (Lipinski definition) is 3. The summed E-state index contributed by atoms with van der Waals surface area (Å²) in [6.45, 7) is 2.06. The SMILES string of the molecule is Nc1cc2oc(=O)[nH]c2cc1N1CCCC(CCO)C1. The van der Waals surface area contributed by atoms with E-state index in [1.165, 1.54) is 0 Å². The zero-order valence-corrected chi connectivity index (χ0v) is 11.3. The number of piperidine rings is 1. The van der Waals surface area contributed by atoms with Crippen LogP contribution >= 0.6 is 0 Å². The first-order chi connectivity index (χ1) is 9.67. The largest absolute Gasteiger partial charge is 0.417 e. The minimum atomic E-state index is -0.464. The average Bonchev–Trinajstić information content (AvgIpc) is 2.77. The number of hydrogen-bond acceptors (Lipinski definition) is 5. The summed E-state index contributed by atoms with van der Waals surface area (Å²) in [6.07, 6.45) is 3.05. The molecule has 1 fully saturated rings. The lowest BCUT2D eigenvalue weighted by Gasteiger charge is -2.34. The van der Waals surface area contributed by atoms with Crippen LogP contribution in [-0.2, 0) is 0 Å². The molecule has 1 aliphatic heterocycles. The zero-order valence-electron chi connectivity index (χ0n) is 11.3. The van der Waals surface area contributed by atoms with Gasteiger partial charge < -0.3 is 20.2 Å². The second kappa shape index (κ2) is 5.20. The molecular formula is C14H19N3O3. The summed E-state index contributed by atoms with van der Waals surface area (Å²) < 4.78 is 5.01. The topological polar surface area (TPSA) is 95.5 Å². The molecule has 2 aromatic rings. The minimum Gasteiger partial charge on any atom is -0.408 e. The van der Waals surface area contributed by atoms with Crippen LogP contribution in [0, 0.1) is 5.92 Å². The van der Waals surface area contributed by atoms with Crippen LogP contribution in [0.25, 0.3) is 11.1 Å². The van der Waals surface area contributed by atoms with Crippen molar-refractivity contribution in [3.05, 3.63) is 22.7 Å². The molecule has 1 aliphatic rings. The van der Waals surface area contributed by atoms with Gasteiger partial charge in [0.05, 0.1) is 16.9 Å². The van der Waals surface area contributed by atoms with Crippen LogP contribution in [0.1, 0.15) is 19.3 Å². The molecule has 1 unspecified atom stereocenters. The summed E-state index contributed by atoms with van der Waals surface area (Å²) in [7, 11) is 0. The number of oxazole rings is 1.